The molecule has 0 unspecified atom stereocenters. The lowest BCUT2D eigenvalue weighted by atomic mass is 10.0. The van der Waals surface area contributed by atoms with Crippen molar-refractivity contribution in [3.05, 3.63) is 41.0 Å². The van der Waals surface area contributed by atoms with Crippen LogP contribution in [0.5, 0.6) is 0 Å². The third-order valence-corrected chi connectivity index (χ3v) is 5.44. The summed E-state index contributed by atoms with van der Waals surface area (Å²) in [5.74, 6) is -1.17. The molecule has 0 aliphatic heterocycles. The molecule has 2 aromatic heterocycles. The van der Waals surface area contributed by atoms with Gasteiger partial charge in [0, 0.05) is 18.3 Å². The van der Waals surface area contributed by atoms with Crippen LogP contribution in [0.1, 0.15) is 76.5 Å². The summed E-state index contributed by atoms with van der Waals surface area (Å²) in [6.07, 6.45) is 8.90. The Bertz CT molecular complexity index is 908. The Balaban J connectivity index is 1.53. The maximum atomic E-state index is 11.5. The summed E-state index contributed by atoms with van der Waals surface area (Å²) in [4.78, 5) is 23.0. The van der Waals surface area contributed by atoms with E-state index in [4.69, 9.17) is 0 Å². The zero-order valence-electron chi connectivity index (χ0n) is 16.8. The average Bonchev–Trinajstić information content (AvgIpc) is 3.32. The van der Waals surface area contributed by atoms with Gasteiger partial charge in [-0.2, -0.15) is 10.2 Å². The fourth-order valence-electron chi connectivity index (χ4n) is 3.67. The van der Waals surface area contributed by atoms with Crippen LogP contribution < -0.4 is 0 Å². The fourth-order valence-corrected chi connectivity index (χ4v) is 3.67. The Morgan fingerprint density at radius 2 is 1.93 bits per heavy atom. The molecular formula is C21H28N4O4. The van der Waals surface area contributed by atoms with Crippen LogP contribution >= 0.6 is 0 Å². The van der Waals surface area contributed by atoms with Gasteiger partial charge in [-0.1, -0.05) is 25.8 Å². The molecule has 0 saturated heterocycles. The van der Waals surface area contributed by atoms with E-state index < -0.39 is 11.9 Å². The van der Waals surface area contributed by atoms with Crippen LogP contribution in [0, 0.1) is 12.8 Å². The number of aromatic carboxylic acids is 2. The highest BCUT2D eigenvalue weighted by molar-refractivity contribution is 5.88. The van der Waals surface area contributed by atoms with E-state index >= 15 is 0 Å². The molecule has 3 rings (SSSR count). The summed E-state index contributed by atoms with van der Waals surface area (Å²) >= 11 is 0. The van der Waals surface area contributed by atoms with Gasteiger partial charge in [-0.3, -0.25) is 4.68 Å². The van der Waals surface area contributed by atoms with Crippen LogP contribution in [-0.2, 0) is 19.4 Å². The number of unbranched alkanes of at least 4 members (excludes halogenated alkanes) is 2. The van der Waals surface area contributed by atoms with E-state index in [1.165, 1.54) is 23.7 Å². The van der Waals surface area contributed by atoms with Gasteiger partial charge in [0.1, 0.15) is 5.69 Å². The highest BCUT2D eigenvalue weighted by Crippen LogP contribution is 2.33. The second kappa shape index (κ2) is 9.07. The number of carbonyl (C=O) groups is 2. The van der Waals surface area contributed by atoms with Gasteiger partial charge in [-0.25, -0.2) is 14.3 Å². The summed E-state index contributed by atoms with van der Waals surface area (Å²) < 4.78 is 2.90. The molecule has 0 aromatic carbocycles. The van der Waals surface area contributed by atoms with Crippen molar-refractivity contribution < 1.29 is 19.8 Å². The van der Waals surface area contributed by atoms with Gasteiger partial charge in [0.2, 0.25) is 0 Å². The maximum absolute atomic E-state index is 11.5. The molecule has 2 heterocycles. The third-order valence-electron chi connectivity index (χ3n) is 5.44. The SMILES string of the molecule is C=Cn1nc(C)c(CCCCCn2nc(CCC3CC3)cc2C(=O)O)c1C(=O)O. The number of hydrogen-bond acceptors (Lipinski definition) is 4. The normalized spacial score (nSPS) is 13.6. The number of nitrogens with zero attached hydrogens (tertiary/aromatic N) is 4. The first kappa shape index (κ1) is 20.8. The largest absolute Gasteiger partial charge is 0.477 e. The van der Waals surface area contributed by atoms with Gasteiger partial charge in [-0.15, -0.1) is 0 Å². The van der Waals surface area contributed by atoms with Crippen LogP contribution in [0.4, 0.5) is 0 Å². The van der Waals surface area contributed by atoms with E-state index in [1.54, 1.807) is 17.7 Å². The highest BCUT2D eigenvalue weighted by Gasteiger charge is 2.22. The predicted molar refractivity (Wildman–Crippen MR) is 108 cm³/mol. The predicted octanol–water partition coefficient (Wildman–Crippen LogP) is 3.64. The Hall–Kier alpha value is -2.90. The molecule has 1 fully saturated rings. The first-order valence-corrected chi connectivity index (χ1v) is 10.1. The number of aryl methyl sites for hydroxylation is 3. The Labute approximate surface area is 169 Å². The fraction of sp³-hybridized carbons (Fsp3) is 0.524. The van der Waals surface area contributed by atoms with Gasteiger partial charge in [0.25, 0.3) is 0 Å². The molecule has 8 nitrogen and oxygen atoms in total. The Morgan fingerprint density at radius 3 is 2.55 bits per heavy atom. The van der Waals surface area contributed by atoms with Crippen molar-refractivity contribution in [1.29, 1.82) is 0 Å². The van der Waals surface area contributed by atoms with Gasteiger partial charge in [0.05, 0.1) is 11.4 Å². The van der Waals surface area contributed by atoms with Crippen LogP contribution in [0.2, 0.25) is 0 Å². The van der Waals surface area contributed by atoms with Gasteiger partial charge in [0.15, 0.2) is 5.69 Å². The van der Waals surface area contributed by atoms with Crippen molar-refractivity contribution in [2.45, 2.75) is 64.8 Å². The molecule has 1 saturated carbocycles. The summed E-state index contributed by atoms with van der Waals surface area (Å²) in [5.41, 5.74) is 2.69. The van der Waals surface area contributed by atoms with Crippen LogP contribution in [0.15, 0.2) is 12.6 Å². The van der Waals surface area contributed by atoms with Crippen molar-refractivity contribution in [2.24, 2.45) is 5.92 Å². The highest BCUT2D eigenvalue weighted by atomic mass is 16.4. The summed E-state index contributed by atoms with van der Waals surface area (Å²) in [6, 6.07) is 1.69. The monoisotopic (exact) mass is 400 g/mol. The van der Waals surface area contributed by atoms with Crippen molar-refractivity contribution in [3.63, 3.8) is 0 Å². The van der Waals surface area contributed by atoms with Crippen molar-refractivity contribution in [1.82, 2.24) is 19.6 Å². The molecule has 0 atom stereocenters. The number of rotatable bonds is 12. The molecule has 0 spiro atoms. The molecule has 2 aromatic rings. The lowest BCUT2D eigenvalue weighted by Gasteiger charge is -2.06. The molecule has 2 N–H and O–H groups in total. The van der Waals surface area contributed by atoms with Gasteiger partial charge >= 0.3 is 11.9 Å². The molecule has 8 heteroatoms. The van der Waals surface area contributed by atoms with Crippen molar-refractivity contribution in [2.75, 3.05) is 0 Å². The van der Waals surface area contributed by atoms with Crippen molar-refractivity contribution in [3.8, 4) is 0 Å². The van der Waals surface area contributed by atoms with E-state index in [-0.39, 0.29) is 11.4 Å². The molecule has 0 radical (unpaired) electrons. The van der Waals surface area contributed by atoms with E-state index in [2.05, 4.69) is 16.8 Å². The number of hydrogen-bond donors (Lipinski definition) is 2. The number of carboxylic acid groups (broad SMARTS) is 2. The lowest BCUT2D eigenvalue weighted by molar-refractivity contribution is 0.0674. The topological polar surface area (TPSA) is 110 Å². The van der Waals surface area contributed by atoms with E-state index in [0.29, 0.717) is 18.7 Å². The van der Waals surface area contributed by atoms with Gasteiger partial charge < -0.3 is 10.2 Å². The zero-order valence-corrected chi connectivity index (χ0v) is 16.8. The molecule has 0 bridgehead atoms. The summed E-state index contributed by atoms with van der Waals surface area (Å²) in [5, 5.41) is 27.5. The van der Waals surface area contributed by atoms with Crippen LogP contribution in [0.25, 0.3) is 6.20 Å². The molecular weight excluding hydrogens is 372 g/mol. The lowest BCUT2D eigenvalue weighted by Crippen LogP contribution is -2.10. The molecule has 1 aliphatic rings. The third kappa shape index (κ3) is 5.13. The minimum atomic E-state index is -1.01. The Kier molecular flexibility index (Phi) is 6.51. The first-order chi connectivity index (χ1) is 13.9. The standard InChI is InChI=1S/C21H28N4O4/c1-3-24-19(21(28)29)17(14(2)22-24)7-5-4-6-12-25-18(20(26)27)13-16(23-25)11-10-15-8-9-15/h3,13,15H,1,4-12H2,2H3,(H,26,27)(H,28,29). The van der Waals surface area contributed by atoms with E-state index in [9.17, 15) is 19.8 Å². The minimum Gasteiger partial charge on any atom is -0.477 e. The molecule has 1 aliphatic carbocycles. The number of aromatic nitrogens is 4. The smallest absolute Gasteiger partial charge is 0.354 e. The minimum absolute atomic E-state index is 0.165. The maximum Gasteiger partial charge on any atom is 0.354 e. The van der Waals surface area contributed by atoms with Gasteiger partial charge in [-0.05, 0) is 51.0 Å². The Morgan fingerprint density at radius 1 is 1.17 bits per heavy atom. The van der Waals surface area contributed by atoms with Crippen molar-refractivity contribution >= 4 is 18.1 Å². The zero-order chi connectivity index (χ0) is 21.0. The second-order valence-corrected chi connectivity index (χ2v) is 7.69. The van der Waals surface area contributed by atoms with E-state index in [1.807, 2.05) is 0 Å². The average molecular weight is 400 g/mol. The second-order valence-electron chi connectivity index (χ2n) is 7.69. The van der Waals surface area contributed by atoms with Crippen LogP contribution in [0.3, 0.4) is 0 Å². The molecule has 0 amide bonds. The number of carboxylic acids is 2. The van der Waals surface area contributed by atoms with Crippen LogP contribution in [-0.4, -0.2) is 41.7 Å². The molecule has 156 valence electrons. The summed E-state index contributed by atoms with van der Waals surface area (Å²) in [7, 11) is 0. The summed E-state index contributed by atoms with van der Waals surface area (Å²) in [6.45, 7) is 5.94. The van der Waals surface area contributed by atoms with E-state index in [0.717, 1.165) is 49.3 Å². The quantitative estimate of drug-likeness (QED) is 0.526. The first-order valence-electron chi connectivity index (χ1n) is 10.1. The molecule has 29 heavy (non-hydrogen) atoms.